The van der Waals surface area contributed by atoms with Gasteiger partial charge in [0.05, 0.1) is 10.1 Å². The Morgan fingerprint density at radius 2 is 1.67 bits per heavy atom. The Labute approximate surface area is 165 Å². The normalized spacial score (nSPS) is 16.1. The van der Waals surface area contributed by atoms with Crippen LogP contribution in [0.15, 0.2) is 42.5 Å². The van der Waals surface area contributed by atoms with E-state index in [0.717, 1.165) is 0 Å². The Bertz CT molecular complexity index is 844. The van der Waals surface area contributed by atoms with Gasteiger partial charge in [0.2, 0.25) is 6.79 Å². The van der Waals surface area contributed by atoms with E-state index in [-0.39, 0.29) is 19.2 Å². The molecule has 0 radical (unpaired) electrons. The summed E-state index contributed by atoms with van der Waals surface area (Å²) in [6.07, 6.45) is 1.24. The number of rotatable bonds is 5. The minimum atomic E-state index is -0.500. The van der Waals surface area contributed by atoms with Crippen LogP contribution in [-0.2, 0) is 4.74 Å². The van der Waals surface area contributed by atoms with Crippen molar-refractivity contribution in [2.45, 2.75) is 11.0 Å². The fraction of sp³-hybridized carbons (Fsp3) is 0.300. The average Bonchev–Trinajstić information content (AvgIpc) is 3.20. The highest BCUT2D eigenvalue weighted by atomic mass is 32.2. The molecule has 2 heterocycles. The Morgan fingerprint density at radius 1 is 0.963 bits per heavy atom. The summed E-state index contributed by atoms with van der Waals surface area (Å²) in [7, 11) is 0. The SMILES string of the molecule is O=C(COC(=O)c1ccc(C2SCCCS2)cc1)c1ccc2c(c1)OCO2. The summed E-state index contributed by atoms with van der Waals surface area (Å²) in [5, 5.41) is 0. The van der Waals surface area contributed by atoms with E-state index in [4.69, 9.17) is 14.2 Å². The molecule has 0 unspecified atom stereocenters. The van der Waals surface area contributed by atoms with E-state index in [0.29, 0.717) is 27.2 Å². The fourth-order valence-electron chi connectivity index (χ4n) is 2.82. The molecule has 0 bridgehead atoms. The van der Waals surface area contributed by atoms with Gasteiger partial charge in [-0.15, -0.1) is 23.5 Å². The highest BCUT2D eigenvalue weighted by molar-refractivity contribution is 8.16. The van der Waals surface area contributed by atoms with Crippen molar-refractivity contribution < 1.29 is 23.8 Å². The molecule has 2 aromatic carbocycles. The number of ether oxygens (including phenoxy) is 3. The lowest BCUT2D eigenvalue weighted by Gasteiger charge is -2.21. The van der Waals surface area contributed by atoms with Crippen molar-refractivity contribution >= 4 is 35.3 Å². The summed E-state index contributed by atoms with van der Waals surface area (Å²) in [5.41, 5.74) is 2.08. The summed E-state index contributed by atoms with van der Waals surface area (Å²) in [5.74, 6) is 2.69. The number of fused-ring (bicyclic) bond motifs is 1. The predicted molar refractivity (Wildman–Crippen MR) is 106 cm³/mol. The lowest BCUT2D eigenvalue weighted by Crippen LogP contribution is -2.14. The lowest BCUT2D eigenvalue weighted by molar-refractivity contribution is 0.0474. The largest absolute Gasteiger partial charge is 0.454 e. The van der Waals surface area contributed by atoms with Crippen molar-refractivity contribution in [3.63, 3.8) is 0 Å². The topological polar surface area (TPSA) is 61.8 Å². The Morgan fingerprint density at radius 3 is 2.44 bits per heavy atom. The minimum Gasteiger partial charge on any atom is -0.454 e. The number of hydrogen-bond acceptors (Lipinski definition) is 7. The van der Waals surface area contributed by atoms with Crippen LogP contribution in [0.4, 0.5) is 0 Å². The third-order valence-electron chi connectivity index (χ3n) is 4.27. The van der Waals surface area contributed by atoms with Crippen LogP contribution in [0.2, 0.25) is 0 Å². The molecule has 0 atom stereocenters. The summed E-state index contributed by atoms with van der Waals surface area (Å²) in [6.45, 7) is -0.162. The molecule has 140 valence electrons. The Balaban J connectivity index is 1.34. The second kappa shape index (κ2) is 8.27. The number of esters is 1. The van der Waals surface area contributed by atoms with Crippen molar-refractivity contribution in [3.8, 4) is 11.5 Å². The van der Waals surface area contributed by atoms with E-state index in [1.54, 1.807) is 30.3 Å². The zero-order valence-electron chi connectivity index (χ0n) is 14.5. The Hall–Kier alpha value is -2.12. The quantitative estimate of drug-likeness (QED) is 0.545. The number of carbonyl (C=O) groups excluding carboxylic acids is 2. The first-order valence-electron chi connectivity index (χ1n) is 8.64. The first-order valence-corrected chi connectivity index (χ1v) is 10.7. The van der Waals surface area contributed by atoms with Gasteiger partial charge in [-0.25, -0.2) is 4.79 Å². The fourth-order valence-corrected chi connectivity index (χ4v) is 5.72. The van der Waals surface area contributed by atoms with Crippen LogP contribution in [-0.4, -0.2) is 36.7 Å². The third kappa shape index (κ3) is 4.25. The van der Waals surface area contributed by atoms with Crippen LogP contribution < -0.4 is 9.47 Å². The Kier molecular flexibility index (Phi) is 5.59. The summed E-state index contributed by atoms with van der Waals surface area (Å²) in [6, 6.07) is 12.4. The molecular weight excluding hydrogens is 384 g/mol. The number of carbonyl (C=O) groups is 2. The van der Waals surface area contributed by atoms with Crippen molar-refractivity contribution in [1.29, 1.82) is 0 Å². The van der Waals surface area contributed by atoms with Gasteiger partial charge >= 0.3 is 5.97 Å². The smallest absolute Gasteiger partial charge is 0.338 e. The predicted octanol–water partition coefficient (Wildman–Crippen LogP) is 4.32. The standard InChI is InChI=1S/C20H18O5S2/c21-16(15-6-7-17-18(10-15)25-12-24-17)11-23-19(22)13-2-4-14(5-3-13)20-26-8-1-9-27-20/h2-7,10,20H,1,8-9,11-12H2. The summed E-state index contributed by atoms with van der Waals surface area (Å²) in [4.78, 5) is 24.5. The van der Waals surface area contributed by atoms with Gasteiger partial charge in [-0.05, 0) is 53.8 Å². The van der Waals surface area contributed by atoms with Crippen LogP contribution in [0.5, 0.6) is 11.5 Å². The van der Waals surface area contributed by atoms with Gasteiger partial charge in [0.15, 0.2) is 23.9 Å². The highest BCUT2D eigenvalue weighted by Crippen LogP contribution is 2.43. The molecule has 0 aromatic heterocycles. The van der Waals surface area contributed by atoms with Crippen molar-refractivity contribution in [2.24, 2.45) is 0 Å². The first-order chi connectivity index (χ1) is 13.2. The van der Waals surface area contributed by atoms with Crippen molar-refractivity contribution in [2.75, 3.05) is 24.9 Å². The van der Waals surface area contributed by atoms with E-state index in [1.165, 1.54) is 23.5 Å². The van der Waals surface area contributed by atoms with E-state index < -0.39 is 5.97 Å². The maximum Gasteiger partial charge on any atom is 0.338 e. The molecule has 2 aromatic rings. The van der Waals surface area contributed by atoms with E-state index in [9.17, 15) is 9.59 Å². The summed E-state index contributed by atoms with van der Waals surface area (Å²) < 4.78 is 16.1. The molecule has 5 nitrogen and oxygen atoms in total. The van der Waals surface area contributed by atoms with Crippen LogP contribution in [0, 0.1) is 0 Å². The zero-order valence-corrected chi connectivity index (χ0v) is 16.1. The molecule has 0 saturated carbocycles. The summed E-state index contributed by atoms with van der Waals surface area (Å²) >= 11 is 3.87. The zero-order chi connectivity index (χ0) is 18.6. The van der Waals surface area contributed by atoms with Gasteiger partial charge in [-0.1, -0.05) is 12.1 Å². The van der Waals surface area contributed by atoms with E-state index in [1.807, 2.05) is 35.7 Å². The molecule has 0 spiro atoms. The maximum atomic E-state index is 12.3. The van der Waals surface area contributed by atoms with Gasteiger partial charge in [0.25, 0.3) is 0 Å². The molecule has 1 fully saturated rings. The number of hydrogen-bond donors (Lipinski definition) is 0. The number of benzene rings is 2. The van der Waals surface area contributed by atoms with Crippen LogP contribution in [0.25, 0.3) is 0 Å². The molecule has 7 heteroatoms. The first kappa shape index (κ1) is 18.3. The molecular formula is C20H18O5S2. The number of thioether (sulfide) groups is 2. The van der Waals surface area contributed by atoms with Gasteiger partial charge < -0.3 is 14.2 Å². The van der Waals surface area contributed by atoms with Gasteiger partial charge in [0, 0.05) is 5.56 Å². The lowest BCUT2D eigenvalue weighted by atomic mass is 10.1. The molecule has 4 rings (SSSR count). The molecule has 2 aliphatic rings. The molecule has 27 heavy (non-hydrogen) atoms. The maximum absolute atomic E-state index is 12.3. The average molecular weight is 402 g/mol. The van der Waals surface area contributed by atoms with Crippen LogP contribution >= 0.6 is 23.5 Å². The molecule has 0 aliphatic carbocycles. The molecule has 0 amide bonds. The minimum absolute atomic E-state index is 0.149. The van der Waals surface area contributed by atoms with Gasteiger partial charge in [-0.3, -0.25) is 4.79 Å². The molecule has 2 aliphatic heterocycles. The molecule has 1 saturated heterocycles. The monoisotopic (exact) mass is 402 g/mol. The number of Topliss-reactive ketones (excluding diaryl/α,β-unsaturated/α-hetero) is 1. The van der Waals surface area contributed by atoms with Crippen LogP contribution in [0.3, 0.4) is 0 Å². The van der Waals surface area contributed by atoms with Crippen molar-refractivity contribution in [1.82, 2.24) is 0 Å². The van der Waals surface area contributed by atoms with Crippen molar-refractivity contribution in [3.05, 3.63) is 59.2 Å². The second-order valence-electron chi connectivity index (χ2n) is 6.12. The second-order valence-corrected chi connectivity index (χ2v) is 8.84. The number of ketones is 1. The third-order valence-corrected chi connectivity index (χ3v) is 7.29. The van der Waals surface area contributed by atoms with Gasteiger partial charge in [0.1, 0.15) is 0 Å². The van der Waals surface area contributed by atoms with Gasteiger partial charge in [-0.2, -0.15) is 0 Å². The van der Waals surface area contributed by atoms with E-state index in [2.05, 4.69) is 0 Å². The highest BCUT2D eigenvalue weighted by Gasteiger charge is 2.19. The van der Waals surface area contributed by atoms with Crippen LogP contribution in [0.1, 0.15) is 37.3 Å². The van der Waals surface area contributed by atoms with E-state index >= 15 is 0 Å². The molecule has 0 N–H and O–H groups in total.